The summed E-state index contributed by atoms with van der Waals surface area (Å²) in [5.41, 5.74) is 13.6. The van der Waals surface area contributed by atoms with Crippen molar-refractivity contribution in [3.8, 4) is 0 Å². The minimum Gasteiger partial charge on any atom is -0.361 e. The quantitative estimate of drug-likeness (QED) is 0.640. The van der Waals surface area contributed by atoms with Crippen LogP contribution in [-0.2, 0) is 0 Å². The predicted molar refractivity (Wildman–Crippen MR) is 54.3 cm³/mol. The molecule has 1 aromatic heterocycles. The fourth-order valence-electron chi connectivity index (χ4n) is 1.53. The van der Waals surface area contributed by atoms with Gasteiger partial charge in [-0.1, -0.05) is 18.2 Å². The van der Waals surface area contributed by atoms with Crippen molar-refractivity contribution in [1.29, 1.82) is 0 Å². The van der Waals surface area contributed by atoms with Crippen LogP contribution in [0.2, 0.25) is 0 Å². The summed E-state index contributed by atoms with van der Waals surface area (Å²) < 4.78 is 0. The van der Waals surface area contributed by atoms with E-state index in [4.69, 9.17) is 11.5 Å². The van der Waals surface area contributed by atoms with Gasteiger partial charge in [0.1, 0.15) is 0 Å². The maximum Gasteiger partial charge on any atom is 0.0457 e. The monoisotopic (exact) mass is 175 g/mol. The van der Waals surface area contributed by atoms with E-state index in [0.29, 0.717) is 6.54 Å². The van der Waals surface area contributed by atoms with Crippen molar-refractivity contribution in [3.05, 3.63) is 36.0 Å². The maximum atomic E-state index is 5.86. The fraction of sp³-hybridized carbons (Fsp3) is 0.200. The SMILES string of the molecule is NCC(N)c1c[nH]c2ccccc12. The Kier molecular flexibility index (Phi) is 2.04. The normalized spacial score (nSPS) is 13.4. The molecule has 68 valence electrons. The number of fused-ring (bicyclic) bond motifs is 1. The van der Waals surface area contributed by atoms with E-state index in [0.717, 1.165) is 11.1 Å². The molecular formula is C10H13N3. The number of rotatable bonds is 2. The number of hydrogen-bond acceptors (Lipinski definition) is 2. The molecule has 5 N–H and O–H groups in total. The molecule has 13 heavy (non-hydrogen) atoms. The van der Waals surface area contributed by atoms with Crippen LogP contribution in [0.1, 0.15) is 11.6 Å². The third kappa shape index (κ3) is 1.32. The molecule has 0 saturated carbocycles. The third-order valence-corrected chi connectivity index (χ3v) is 2.27. The molecule has 0 aliphatic rings. The van der Waals surface area contributed by atoms with E-state index in [-0.39, 0.29) is 6.04 Å². The zero-order valence-electron chi connectivity index (χ0n) is 7.33. The first-order chi connectivity index (χ1) is 6.33. The molecule has 0 aliphatic heterocycles. The highest BCUT2D eigenvalue weighted by Crippen LogP contribution is 2.21. The van der Waals surface area contributed by atoms with Crippen molar-refractivity contribution < 1.29 is 0 Å². The van der Waals surface area contributed by atoms with Crippen LogP contribution in [0.3, 0.4) is 0 Å². The van der Waals surface area contributed by atoms with Crippen LogP contribution < -0.4 is 11.5 Å². The Labute approximate surface area is 76.7 Å². The van der Waals surface area contributed by atoms with Crippen molar-refractivity contribution in [3.63, 3.8) is 0 Å². The number of H-pyrrole nitrogens is 1. The van der Waals surface area contributed by atoms with Gasteiger partial charge in [0, 0.05) is 29.7 Å². The zero-order chi connectivity index (χ0) is 9.26. The highest BCUT2D eigenvalue weighted by atomic mass is 14.7. The maximum absolute atomic E-state index is 5.86. The Morgan fingerprint density at radius 2 is 2.08 bits per heavy atom. The highest BCUT2D eigenvalue weighted by molar-refractivity contribution is 5.83. The van der Waals surface area contributed by atoms with Crippen LogP contribution in [0, 0.1) is 0 Å². The Morgan fingerprint density at radius 1 is 1.31 bits per heavy atom. The van der Waals surface area contributed by atoms with Crippen LogP contribution in [-0.4, -0.2) is 11.5 Å². The zero-order valence-corrected chi connectivity index (χ0v) is 7.33. The molecule has 3 heteroatoms. The van der Waals surface area contributed by atoms with Gasteiger partial charge in [0.2, 0.25) is 0 Å². The summed E-state index contributed by atoms with van der Waals surface area (Å²) in [6.07, 6.45) is 1.93. The molecule has 1 unspecified atom stereocenters. The van der Waals surface area contributed by atoms with Gasteiger partial charge in [0.05, 0.1) is 0 Å². The Hall–Kier alpha value is -1.32. The minimum atomic E-state index is -0.0730. The molecule has 2 aromatic rings. The molecule has 0 aliphatic carbocycles. The van der Waals surface area contributed by atoms with E-state index in [2.05, 4.69) is 11.1 Å². The van der Waals surface area contributed by atoms with Gasteiger partial charge in [-0.3, -0.25) is 0 Å². The van der Waals surface area contributed by atoms with Gasteiger partial charge >= 0.3 is 0 Å². The van der Waals surface area contributed by atoms with Gasteiger partial charge in [-0.2, -0.15) is 0 Å². The lowest BCUT2D eigenvalue weighted by Gasteiger charge is -2.06. The van der Waals surface area contributed by atoms with Crippen molar-refractivity contribution >= 4 is 10.9 Å². The first-order valence-electron chi connectivity index (χ1n) is 4.34. The van der Waals surface area contributed by atoms with Crippen molar-refractivity contribution in [2.45, 2.75) is 6.04 Å². The Balaban J connectivity index is 2.57. The summed E-state index contributed by atoms with van der Waals surface area (Å²) in [6, 6.07) is 8.01. The van der Waals surface area contributed by atoms with Gasteiger partial charge < -0.3 is 16.5 Å². The molecule has 1 aromatic carbocycles. The number of benzene rings is 1. The van der Waals surface area contributed by atoms with Gasteiger partial charge in [0.25, 0.3) is 0 Å². The van der Waals surface area contributed by atoms with Crippen LogP contribution in [0.5, 0.6) is 0 Å². The lowest BCUT2D eigenvalue weighted by molar-refractivity contribution is 0.743. The first-order valence-corrected chi connectivity index (χ1v) is 4.34. The highest BCUT2D eigenvalue weighted by Gasteiger charge is 2.08. The van der Waals surface area contributed by atoms with E-state index in [9.17, 15) is 0 Å². The van der Waals surface area contributed by atoms with E-state index >= 15 is 0 Å². The molecule has 0 amide bonds. The number of aromatic nitrogens is 1. The fourth-order valence-corrected chi connectivity index (χ4v) is 1.53. The summed E-state index contributed by atoms with van der Waals surface area (Å²) in [4.78, 5) is 3.17. The minimum absolute atomic E-state index is 0.0730. The number of para-hydroxylation sites is 1. The molecular weight excluding hydrogens is 162 g/mol. The lowest BCUT2D eigenvalue weighted by Crippen LogP contribution is -2.20. The summed E-state index contributed by atoms with van der Waals surface area (Å²) in [6.45, 7) is 0.474. The smallest absolute Gasteiger partial charge is 0.0457 e. The van der Waals surface area contributed by atoms with E-state index in [1.54, 1.807) is 0 Å². The summed E-state index contributed by atoms with van der Waals surface area (Å²) in [5, 5.41) is 1.17. The van der Waals surface area contributed by atoms with E-state index in [1.165, 1.54) is 5.39 Å². The molecule has 0 radical (unpaired) electrons. The number of aromatic amines is 1. The summed E-state index contributed by atoms with van der Waals surface area (Å²) >= 11 is 0. The molecule has 1 heterocycles. The third-order valence-electron chi connectivity index (χ3n) is 2.27. The van der Waals surface area contributed by atoms with E-state index in [1.807, 2.05) is 24.4 Å². The van der Waals surface area contributed by atoms with Gasteiger partial charge in [-0.15, -0.1) is 0 Å². The average Bonchev–Trinajstić information content (AvgIpc) is 2.60. The number of nitrogens with two attached hydrogens (primary N) is 2. The standard InChI is InChI=1S/C10H13N3/c11-5-9(12)8-6-13-10-4-2-1-3-7(8)10/h1-4,6,9,13H,5,11-12H2. The van der Waals surface area contributed by atoms with Crippen molar-refractivity contribution in [2.24, 2.45) is 11.5 Å². The predicted octanol–water partition coefficient (Wildman–Crippen LogP) is 1.13. The summed E-state index contributed by atoms with van der Waals surface area (Å²) in [5.74, 6) is 0. The molecule has 1 atom stereocenters. The van der Waals surface area contributed by atoms with E-state index < -0.39 is 0 Å². The van der Waals surface area contributed by atoms with Crippen molar-refractivity contribution in [1.82, 2.24) is 4.98 Å². The second kappa shape index (κ2) is 3.20. The first kappa shape index (κ1) is 8.29. The topological polar surface area (TPSA) is 67.8 Å². The van der Waals surface area contributed by atoms with Crippen LogP contribution in [0.25, 0.3) is 10.9 Å². The van der Waals surface area contributed by atoms with Crippen molar-refractivity contribution in [2.75, 3.05) is 6.54 Å². The van der Waals surface area contributed by atoms with Gasteiger partial charge in [0.15, 0.2) is 0 Å². The lowest BCUT2D eigenvalue weighted by atomic mass is 10.1. The molecule has 0 spiro atoms. The molecule has 2 rings (SSSR count). The summed E-state index contributed by atoms with van der Waals surface area (Å²) in [7, 11) is 0. The largest absolute Gasteiger partial charge is 0.361 e. The van der Waals surface area contributed by atoms with Gasteiger partial charge in [-0.25, -0.2) is 0 Å². The Morgan fingerprint density at radius 3 is 2.85 bits per heavy atom. The van der Waals surface area contributed by atoms with Gasteiger partial charge in [-0.05, 0) is 11.6 Å². The second-order valence-corrected chi connectivity index (χ2v) is 3.13. The molecule has 0 bridgehead atoms. The molecule has 0 saturated heterocycles. The van der Waals surface area contributed by atoms with Crippen LogP contribution in [0.4, 0.5) is 0 Å². The number of hydrogen-bond donors (Lipinski definition) is 3. The average molecular weight is 175 g/mol. The van der Waals surface area contributed by atoms with Crippen LogP contribution >= 0.6 is 0 Å². The number of nitrogens with one attached hydrogen (secondary N) is 1. The molecule has 3 nitrogen and oxygen atoms in total. The van der Waals surface area contributed by atoms with Crippen LogP contribution in [0.15, 0.2) is 30.5 Å². The molecule has 0 fully saturated rings. The Bertz CT molecular complexity index is 405. The second-order valence-electron chi connectivity index (χ2n) is 3.13.